The largest absolute Gasteiger partial charge is 0.386 e. The van der Waals surface area contributed by atoms with Gasteiger partial charge in [-0.2, -0.15) is 0 Å². The fourth-order valence-corrected chi connectivity index (χ4v) is 3.32. The lowest BCUT2D eigenvalue weighted by molar-refractivity contribution is -0.114. The summed E-state index contributed by atoms with van der Waals surface area (Å²) < 4.78 is 0. The molecule has 128 valence electrons. The molecule has 4 nitrogen and oxygen atoms in total. The minimum Gasteiger partial charge on any atom is -0.386 e. The third kappa shape index (κ3) is 3.23. The highest BCUT2D eigenvalue weighted by Crippen LogP contribution is 2.34. The molecule has 2 heterocycles. The maximum absolute atomic E-state index is 12.6. The zero-order valence-electron chi connectivity index (χ0n) is 15.2. The van der Waals surface area contributed by atoms with E-state index in [-0.39, 0.29) is 17.5 Å². The van der Waals surface area contributed by atoms with Gasteiger partial charge in [0.2, 0.25) is 0 Å². The van der Waals surface area contributed by atoms with Gasteiger partial charge in [-0.25, -0.2) is 0 Å². The number of nitrogens with zero attached hydrogens (tertiary/aromatic N) is 1. The number of carbonyl (C=O) groups is 1. The maximum atomic E-state index is 12.6. The Bertz CT molecular complexity index is 711. The minimum absolute atomic E-state index is 0.0615. The number of aryl methyl sites for hydroxylation is 1. The summed E-state index contributed by atoms with van der Waals surface area (Å²) >= 11 is 0. The smallest absolute Gasteiger partial charge is 0.270 e. The molecule has 1 atom stereocenters. The first kappa shape index (κ1) is 16.7. The second-order valence-electron chi connectivity index (χ2n) is 7.93. The zero-order chi connectivity index (χ0) is 17.5. The van der Waals surface area contributed by atoms with Gasteiger partial charge in [-0.3, -0.25) is 9.79 Å². The van der Waals surface area contributed by atoms with Crippen LogP contribution in [0.15, 0.2) is 40.5 Å². The highest BCUT2D eigenvalue weighted by atomic mass is 16.2. The number of aliphatic imine (C=N–C) groups is 1. The Kier molecular flexibility index (Phi) is 4.24. The molecule has 2 N–H and O–H groups in total. The van der Waals surface area contributed by atoms with Gasteiger partial charge in [0.05, 0.1) is 11.6 Å². The normalized spacial score (nSPS) is 22.7. The molecule has 3 rings (SSSR count). The van der Waals surface area contributed by atoms with Crippen LogP contribution in [-0.4, -0.2) is 23.7 Å². The molecule has 0 aromatic heterocycles. The van der Waals surface area contributed by atoms with Crippen molar-refractivity contribution >= 4 is 11.6 Å². The van der Waals surface area contributed by atoms with Crippen LogP contribution in [0.25, 0.3) is 0 Å². The van der Waals surface area contributed by atoms with Gasteiger partial charge in [-0.1, -0.05) is 43.7 Å². The first-order valence-corrected chi connectivity index (χ1v) is 8.71. The highest BCUT2D eigenvalue weighted by Gasteiger charge is 2.40. The molecule has 1 amide bonds. The van der Waals surface area contributed by atoms with Crippen LogP contribution in [0.4, 0.5) is 0 Å². The first-order chi connectivity index (χ1) is 11.3. The number of hydrogen-bond donors (Lipinski definition) is 2. The zero-order valence-corrected chi connectivity index (χ0v) is 15.2. The van der Waals surface area contributed by atoms with Gasteiger partial charge < -0.3 is 10.6 Å². The summed E-state index contributed by atoms with van der Waals surface area (Å²) in [6.45, 7) is 11.4. The summed E-state index contributed by atoms with van der Waals surface area (Å²) in [6.07, 6.45) is 0.918. The maximum Gasteiger partial charge on any atom is 0.270 e. The Balaban J connectivity index is 2.12. The summed E-state index contributed by atoms with van der Waals surface area (Å²) in [5.74, 6) is 0.449. The van der Waals surface area contributed by atoms with Crippen molar-refractivity contribution in [1.82, 2.24) is 10.6 Å². The monoisotopic (exact) mass is 325 g/mol. The Morgan fingerprint density at radius 1 is 1.25 bits per heavy atom. The molecule has 1 aromatic carbocycles. The Labute approximate surface area is 144 Å². The number of rotatable bonds is 3. The lowest BCUT2D eigenvalue weighted by Crippen LogP contribution is -2.33. The molecular formula is C20H27N3O. The molecule has 1 fully saturated rings. The van der Waals surface area contributed by atoms with Gasteiger partial charge in [-0.15, -0.1) is 0 Å². The van der Waals surface area contributed by atoms with E-state index in [4.69, 9.17) is 4.99 Å². The van der Waals surface area contributed by atoms with Gasteiger partial charge in [0, 0.05) is 17.8 Å². The van der Waals surface area contributed by atoms with Crippen LogP contribution in [0.1, 0.15) is 51.3 Å². The molecule has 0 saturated carbocycles. The second-order valence-corrected chi connectivity index (χ2v) is 7.93. The molecule has 2 aliphatic heterocycles. The van der Waals surface area contributed by atoms with Crippen LogP contribution in [0.2, 0.25) is 0 Å². The van der Waals surface area contributed by atoms with Crippen LogP contribution < -0.4 is 10.6 Å². The highest BCUT2D eigenvalue weighted by molar-refractivity contribution is 6.48. The van der Waals surface area contributed by atoms with Crippen molar-refractivity contribution in [2.75, 3.05) is 6.54 Å². The fraction of sp³-hybridized carbons (Fsp3) is 0.500. The van der Waals surface area contributed by atoms with Gasteiger partial charge >= 0.3 is 0 Å². The fourth-order valence-electron chi connectivity index (χ4n) is 3.32. The average molecular weight is 325 g/mol. The van der Waals surface area contributed by atoms with E-state index >= 15 is 0 Å². The van der Waals surface area contributed by atoms with Crippen LogP contribution in [0, 0.1) is 12.8 Å². The van der Waals surface area contributed by atoms with E-state index in [0.717, 1.165) is 29.8 Å². The standard InChI is InChI=1S/C20H27N3O/c1-12(2)10-15-16-17(14-8-6-13(3)7-9-14)22-19(24)18(16)23-20(4,5)11-21-15/h6-9,12,17,21H,10-11H2,1-5H3,(H,22,24). The summed E-state index contributed by atoms with van der Waals surface area (Å²) in [5, 5.41) is 6.71. The number of hydrogen-bond acceptors (Lipinski definition) is 3. The van der Waals surface area contributed by atoms with Crippen LogP contribution >= 0.6 is 0 Å². The van der Waals surface area contributed by atoms with E-state index in [1.54, 1.807) is 0 Å². The quantitative estimate of drug-likeness (QED) is 0.896. The van der Waals surface area contributed by atoms with Crippen molar-refractivity contribution in [2.24, 2.45) is 10.9 Å². The first-order valence-electron chi connectivity index (χ1n) is 8.71. The Morgan fingerprint density at radius 2 is 1.92 bits per heavy atom. The number of carbonyl (C=O) groups excluding carboxylic acids is 1. The molecule has 2 aliphatic rings. The van der Waals surface area contributed by atoms with Gasteiger partial charge in [0.1, 0.15) is 5.71 Å². The third-order valence-corrected chi connectivity index (χ3v) is 4.53. The molecule has 0 radical (unpaired) electrons. The number of benzene rings is 1. The lowest BCUT2D eigenvalue weighted by atomic mass is 9.93. The average Bonchev–Trinajstić information content (AvgIpc) is 2.73. The summed E-state index contributed by atoms with van der Waals surface area (Å²) in [6, 6.07) is 8.26. The van der Waals surface area contributed by atoms with Crippen molar-refractivity contribution < 1.29 is 4.79 Å². The van der Waals surface area contributed by atoms with Crippen molar-refractivity contribution in [3.8, 4) is 0 Å². The molecule has 24 heavy (non-hydrogen) atoms. The summed E-state index contributed by atoms with van der Waals surface area (Å²) in [7, 11) is 0. The van der Waals surface area contributed by atoms with Gasteiger partial charge in [0.25, 0.3) is 5.91 Å². The van der Waals surface area contributed by atoms with E-state index < -0.39 is 0 Å². The minimum atomic E-state index is -0.293. The van der Waals surface area contributed by atoms with E-state index in [9.17, 15) is 4.79 Å². The number of nitrogens with one attached hydrogen (secondary N) is 2. The molecular weight excluding hydrogens is 298 g/mol. The predicted molar refractivity (Wildman–Crippen MR) is 98.1 cm³/mol. The second kappa shape index (κ2) is 6.08. The van der Waals surface area contributed by atoms with Crippen molar-refractivity contribution in [3.63, 3.8) is 0 Å². The van der Waals surface area contributed by atoms with Crippen LogP contribution in [0.5, 0.6) is 0 Å². The van der Waals surface area contributed by atoms with E-state index in [0.29, 0.717) is 11.6 Å². The molecule has 0 spiro atoms. The molecule has 4 heteroatoms. The SMILES string of the molecule is Cc1ccc(C2NC(=O)C3=NC(C)(C)CNC(CC(C)C)=C32)cc1. The number of fused-ring (bicyclic) bond motifs is 1. The number of allylic oxidation sites excluding steroid dienone is 1. The molecule has 1 aromatic rings. The van der Waals surface area contributed by atoms with Gasteiger partial charge in [0.15, 0.2) is 0 Å². The van der Waals surface area contributed by atoms with E-state index in [1.165, 1.54) is 5.56 Å². The van der Waals surface area contributed by atoms with Crippen LogP contribution in [0.3, 0.4) is 0 Å². The van der Waals surface area contributed by atoms with Crippen molar-refractivity contribution in [3.05, 3.63) is 46.7 Å². The van der Waals surface area contributed by atoms with Crippen molar-refractivity contribution in [1.29, 1.82) is 0 Å². The Hall–Kier alpha value is -2.10. The van der Waals surface area contributed by atoms with Crippen LogP contribution in [-0.2, 0) is 4.79 Å². The summed E-state index contributed by atoms with van der Waals surface area (Å²) in [4.78, 5) is 17.4. The number of amides is 1. The lowest BCUT2D eigenvalue weighted by Gasteiger charge is -2.22. The van der Waals surface area contributed by atoms with E-state index in [1.807, 2.05) is 0 Å². The third-order valence-electron chi connectivity index (χ3n) is 4.53. The van der Waals surface area contributed by atoms with Gasteiger partial charge in [-0.05, 0) is 38.7 Å². The topological polar surface area (TPSA) is 53.5 Å². The molecule has 1 saturated heterocycles. The van der Waals surface area contributed by atoms with Crippen molar-refractivity contribution in [2.45, 2.75) is 52.6 Å². The molecule has 0 bridgehead atoms. The molecule has 0 aliphatic carbocycles. The predicted octanol–water partition coefficient (Wildman–Crippen LogP) is 3.29. The summed E-state index contributed by atoms with van der Waals surface area (Å²) in [5.41, 5.74) is 4.82. The Morgan fingerprint density at radius 3 is 2.54 bits per heavy atom. The van der Waals surface area contributed by atoms with E-state index in [2.05, 4.69) is 69.5 Å². The molecule has 1 unspecified atom stereocenters.